The minimum Gasteiger partial charge on any atom is -0.477 e. The van der Waals surface area contributed by atoms with Crippen molar-refractivity contribution in [2.75, 3.05) is 25.1 Å². The monoisotopic (exact) mass is 541 g/mol. The van der Waals surface area contributed by atoms with Gasteiger partial charge in [-0.3, -0.25) is 19.5 Å². The lowest BCUT2D eigenvalue weighted by molar-refractivity contribution is -0.127. The number of nitrogens with two attached hydrogens (primary N) is 1. The number of sulfonamides is 1. The van der Waals surface area contributed by atoms with Crippen LogP contribution in [0.25, 0.3) is 11.3 Å². The molecule has 1 saturated heterocycles. The van der Waals surface area contributed by atoms with Crippen LogP contribution in [0.5, 0.6) is 5.88 Å². The number of nitrogens with zero attached hydrogens (tertiary/aromatic N) is 4. The Balaban J connectivity index is 1.44. The summed E-state index contributed by atoms with van der Waals surface area (Å²) in [4.78, 5) is 30.5. The number of rotatable bonds is 11. The molecule has 0 aromatic carbocycles. The first kappa shape index (κ1) is 27.2. The molecule has 0 radical (unpaired) electrons. The van der Waals surface area contributed by atoms with Crippen LogP contribution in [0.3, 0.4) is 0 Å². The Bertz CT molecular complexity index is 1330. The van der Waals surface area contributed by atoms with Crippen molar-refractivity contribution >= 4 is 28.0 Å². The van der Waals surface area contributed by atoms with E-state index in [1.54, 1.807) is 24.5 Å². The minimum absolute atomic E-state index is 0.104. The van der Waals surface area contributed by atoms with Gasteiger partial charge in [0.15, 0.2) is 0 Å². The second-order valence-corrected chi connectivity index (χ2v) is 11.0. The maximum absolute atomic E-state index is 13.5. The summed E-state index contributed by atoms with van der Waals surface area (Å²) in [5, 5.41) is 2.47. The first-order chi connectivity index (χ1) is 18.2. The third-order valence-electron chi connectivity index (χ3n) is 6.27. The third kappa shape index (κ3) is 6.53. The number of hydrogen-bond donors (Lipinski definition) is 3. The van der Waals surface area contributed by atoms with Crippen molar-refractivity contribution in [2.45, 2.75) is 37.9 Å². The fourth-order valence-corrected chi connectivity index (χ4v) is 5.26. The van der Waals surface area contributed by atoms with Crippen molar-refractivity contribution in [1.29, 1.82) is 0 Å². The summed E-state index contributed by atoms with van der Waals surface area (Å²) >= 11 is 0. The predicted molar refractivity (Wildman–Crippen MR) is 143 cm³/mol. The van der Waals surface area contributed by atoms with Crippen LogP contribution in [0, 0.1) is 5.41 Å². The largest absolute Gasteiger partial charge is 0.477 e. The quantitative estimate of drug-likeness (QED) is 0.361. The number of nitrogens with one attached hydrogen (secondary N) is 2. The summed E-state index contributed by atoms with van der Waals surface area (Å²) in [6, 6.07) is 3.47. The molecule has 1 amide bonds. The molecule has 2 fully saturated rings. The second-order valence-electron chi connectivity index (χ2n) is 8.99. The van der Waals surface area contributed by atoms with Crippen molar-refractivity contribution in [2.24, 2.45) is 16.1 Å². The van der Waals surface area contributed by atoms with Crippen LogP contribution in [0.1, 0.15) is 32.6 Å². The average molecular weight is 542 g/mol. The highest BCUT2D eigenvalue weighted by Crippen LogP contribution is 2.38. The van der Waals surface area contributed by atoms with Gasteiger partial charge in [-0.1, -0.05) is 6.58 Å². The molecule has 4 rings (SSSR count). The molecule has 1 aliphatic carbocycles. The summed E-state index contributed by atoms with van der Waals surface area (Å²) in [5.41, 5.74) is 6.56. The molecule has 1 saturated carbocycles. The van der Waals surface area contributed by atoms with Crippen molar-refractivity contribution in [3.8, 4) is 17.1 Å². The van der Waals surface area contributed by atoms with E-state index in [0.717, 1.165) is 5.56 Å². The zero-order valence-electron chi connectivity index (χ0n) is 21.1. The number of anilines is 1. The van der Waals surface area contributed by atoms with Crippen LogP contribution in [0.4, 0.5) is 5.82 Å². The van der Waals surface area contributed by atoms with Crippen molar-refractivity contribution < 1.29 is 22.7 Å². The molecule has 1 aliphatic heterocycles. The standard InChI is InChI=1S/C25H31N7O5S/c1-3-37-23-16-28-14-20(30-23)18-4-7-22(29-13-18)31-24(33)25(8-10-36-11-9-25)17(2)12-27-15-21(26)32-38(34,35)19-5-6-19/h4,7,12-16,19,32H,2-3,5-6,8-11,26H2,1H3,(H,29,31,33)/b21-15+,27-12?. The van der Waals surface area contributed by atoms with Gasteiger partial charge >= 0.3 is 0 Å². The number of aliphatic imine (C=N–C) groups is 1. The van der Waals surface area contributed by atoms with E-state index in [4.69, 9.17) is 15.2 Å². The Morgan fingerprint density at radius 2 is 2.05 bits per heavy atom. The number of ether oxygens (including phenoxy) is 2. The molecule has 2 aliphatic rings. The van der Waals surface area contributed by atoms with E-state index < -0.39 is 20.7 Å². The van der Waals surface area contributed by atoms with Gasteiger partial charge in [-0.2, -0.15) is 0 Å². The molecule has 38 heavy (non-hydrogen) atoms. The molecule has 13 heteroatoms. The highest BCUT2D eigenvalue weighted by atomic mass is 32.2. The normalized spacial score (nSPS) is 17.7. The molecular formula is C25H31N7O5S. The number of carbonyl (C=O) groups is 1. The van der Waals surface area contributed by atoms with E-state index in [1.807, 2.05) is 6.92 Å². The van der Waals surface area contributed by atoms with E-state index in [1.165, 1.54) is 18.6 Å². The Morgan fingerprint density at radius 3 is 2.71 bits per heavy atom. The van der Waals surface area contributed by atoms with Crippen LogP contribution < -0.4 is 20.5 Å². The number of aromatic nitrogens is 3. The summed E-state index contributed by atoms with van der Waals surface area (Å²) in [6.45, 7) is 7.17. The van der Waals surface area contributed by atoms with Crippen molar-refractivity contribution in [3.63, 3.8) is 0 Å². The number of carbonyl (C=O) groups excluding carboxylic acids is 1. The van der Waals surface area contributed by atoms with Gasteiger partial charge in [0, 0.05) is 31.2 Å². The summed E-state index contributed by atoms with van der Waals surface area (Å²) in [5.74, 6) is 0.386. The van der Waals surface area contributed by atoms with Crippen LogP contribution in [0.2, 0.25) is 0 Å². The molecular weight excluding hydrogens is 510 g/mol. The SMILES string of the molecule is C=C(C=N/C=C(\N)NS(=O)(=O)C1CC1)C1(C(=O)Nc2ccc(-c3cncc(OCC)n3)cn2)CCOCC1. The smallest absolute Gasteiger partial charge is 0.236 e. The Morgan fingerprint density at radius 1 is 1.29 bits per heavy atom. The zero-order valence-corrected chi connectivity index (χ0v) is 21.9. The van der Waals surface area contributed by atoms with Gasteiger partial charge in [0.25, 0.3) is 0 Å². The fraction of sp³-hybridized carbons (Fsp3) is 0.400. The lowest BCUT2D eigenvalue weighted by Gasteiger charge is -2.36. The molecule has 0 spiro atoms. The van der Waals surface area contributed by atoms with Gasteiger partial charge < -0.3 is 20.5 Å². The molecule has 0 unspecified atom stereocenters. The van der Waals surface area contributed by atoms with E-state index >= 15 is 0 Å². The molecule has 4 N–H and O–H groups in total. The Kier molecular flexibility index (Phi) is 8.37. The first-order valence-corrected chi connectivity index (χ1v) is 13.8. The fourth-order valence-electron chi connectivity index (χ4n) is 3.96. The highest BCUT2D eigenvalue weighted by Gasteiger charge is 2.42. The van der Waals surface area contributed by atoms with E-state index in [9.17, 15) is 13.2 Å². The van der Waals surface area contributed by atoms with Gasteiger partial charge in [-0.25, -0.2) is 18.4 Å². The van der Waals surface area contributed by atoms with Crippen molar-refractivity contribution in [1.82, 2.24) is 19.7 Å². The van der Waals surface area contributed by atoms with Gasteiger partial charge in [0.05, 0.1) is 41.6 Å². The molecule has 0 bridgehead atoms. The summed E-state index contributed by atoms with van der Waals surface area (Å²) in [7, 11) is -3.48. The van der Waals surface area contributed by atoms with Crippen LogP contribution in [0.15, 0.2) is 59.9 Å². The van der Waals surface area contributed by atoms with Crippen LogP contribution >= 0.6 is 0 Å². The summed E-state index contributed by atoms with van der Waals surface area (Å²) < 4.78 is 37.2. The number of pyridine rings is 1. The van der Waals surface area contributed by atoms with E-state index in [2.05, 4.69) is 36.6 Å². The molecule has 3 heterocycles. The maximum atomic E-state index is 13.5. The molecule has 2 aromatic heterocycles. The van der Waals surface area contributed by atoms with Gasteiger partial charge in [0.2, 0.25) is 21.8 Å². The lowest BCUT2D eigenvalue weighted by atomic mass is 9.73. The van der Waals surface area contributed by atoms with Crippen LogP contribution in [-0.2, 0) is 19.6 Å². The van der Waals surface area contributed by atoms with Gasteiger partial charge in [-0.15, -0.1) is 0 Å². The van der Waals surface area contributed by atoms with Crippen LogP contribution in [-0.4, -0.2) is 60.6 Å². The highest BCUT2D eigenvalue weighted by molar-refractivity contribution is 7.90. The molecule has 202 valence electrons. The van der Waals surface area contributed by atoms with Gasteiger partial charge in [0.1, 0.15) is 11.6 Å². The predicted octanol–water partition coefficient (Wildman–Crippen LogP) is 2.14. The summed E-state index contributed by atoms with van der Waals surface area (Å²) in [6.07, 6.45) is 9.39. The number of amides is 1. The molecule has 0 atom stereocenters. The molecule has 2 aromatic rings. The number of hydrogen-bond acceptors (Lipinski definition) is 10. The van der Waals surface area contributed by atoms with E-state index in [0.29, 0.717) is 68.5 Å². The molecule has 12 nitrogen and oxygen atoms in total. The average Bonchev–Trinajstić information content (AvgIpc) is 3.76. The first-order valence-electron chi connectivity index (χ1n) is 12.2. The topological polar surface area (TPSA) is 171 Å². The second kappa shape index (κ2) is 11.7. The van der Waals surface area contributed by atoms with E-state index in [-0.39, 0.29) is 11.7 Å². The van der Waals surface area contributed by atoms with Crippen molar-refractivity contribution in [3.05, 3.63) is 54.9 Å². The minimum atomic E-state index is -3.48. The van der Waals surface area contributed by atoms with Gasteiger partial charge in [-0.05, 0) is 50.3 Å². The Hall–Kier alpha value is -3.84. The lowest BCUT2D eigenvalue weighted by Crippen LogP contribution is -2.43. The third-order valence-corrected chi connectivity index (χ3v) is 8.14. The Labute approximate surface area is 221 Å². The maximum Gasteiger partial charge on any atom is 0.236 e. The zero-order chi connectivity index (χ0) is 27.2.